The number of likely N-dealkylation sites (N-methyl/N-ethyl adjacent to an activating group) is 1. The van der Waals surface area contributed by atoms with Crippen LogP contribution in [-0.2, 0) is 0 Å². The predicted molar refractivity (Wildman–Crippen MR) is 139 cm³/mol. The summed E-state index contributed by atoms with van der Waals surface area (Å²) in [6, 6.07) is 13.8. The summed E-state index contributed by atoms with van der Waals surface area (Å²) in [7, 11) is 1.65. The molecule has 4 rings (SSSR count). The molecule has 0 aliphatic rings. The maximum absolute atomic E-state index is 13.9. The second kappa shape index (κ2) is 10.4. The number of para-hydroxylation sites is 1. The van der Waals surface area contributed by atoms with Gasteiger partial charge in [0, 0.05) is 13.1 Å². The number of benzene rings is 2. The largest absolute Gasteiger partial charge is 0.494 e. The zero-order valence-corrected chi connectivity index (χ0v) is 21.2. The fraction of sp³-hybridized carbons (Fsp3) is 0.346. The zero-order chi connectivity index (χ0) is 24.2. The lowest BCUT2D eigenvalue weighted by molar-refractivity contribution is 0.0983. The SMILES string of the molecule is CCN(CC)CCN(C(=O)c1cnn(-c2ccccc2)c1C)c1nc2c(OC)ccc(C)c2s1. The van der Waals surface area contributed by atoms with Gasteiger partial charge in [-0.15, -0.1) is 0 Å². The van der Waals surface area contributed by atoms with Crippen LogP contribution in [0, 0.1) is 13.8 Å². The average molecular weight is 478 g/mol. The highest BCUT2D eigenvalue weighted by Crippen LogP contribution is 2.37. The van der Waals surface area contributed by atoms with Crippen molar-refractivity contribution in [3.05, 3.63) is 65.5 Å². The summed E-state index contributed by atoms with van der Waals surface area (Å²) in [4.78, 5) is 22.9. The molecule has 7 nitrogen and oxygen atoms in total. The minimum Gasteiger partial charge on any atom is -0.494 e. The van der Waals surface area contributed by atoms with Gasteiger partial charge in [0.25, 0.3) is 5.91 Å². The molecule has 0 bridgehead atoms. The molecule has 2 aromatic carbocycles. The van der Waals surface area contributed by atoms with Gasteiger partial charge in [-0.25, -0.2) is 9.67 Å². The summed E-state index contributed by atoms with van der Waals surface area (Å²) in [5.41, 5.74) is 4.21. The van der Waals surface area contributed by atoms with Crippen molar-refractivity contribution < 1.29 is 9.53 Å². The Bertz CT molecular complexity index is 1280. The maximum atomic E-state index is 13.9. The Morgan fingerprint density at radius 2 is 1.79 bits per heavy atom. The van der Waals surface area contributed by atoms with Crippen LogP contribution in [0.1, 0.15) is 35.5 Å². The molecule has 0 atom stereocenters. The summed E-state index contributed by atoms with van der Waals surface area (Å²) in [6.45, 7) is 11.4. The zero-order valence-electron chi connectivity index (χ0n) is 20.4. The number of carbonyl (C=O) groups excluding carboxylic acids is 1. The number of hydrogen-bond acceptors (Lipinski definition) is 6. The van der Waals surface area contributed by atoms with Crippen LogP contribution in [0.25, 0.3) is 15.9 Å². The smallest absolute Gasteiger partial charge is 0.263 e. The number of aromatic nitrogens is 3. The van der Waals surface area contributed by atoms with Crippen LogP contribution in [0.2, 0.25) is 0 Å². The third kappa shape index (κ3) is 4.56. The predicted octanol–water partition coefficient (Wildman–Crippen LogP) is 5.10. The van der Waals surface area contributed by atoms with E-state index in [0.29, 0.717) is 23.0 Å². The van der Waals surface area contributed by atoms with Gasteiger partial charge in [0.1, 0.15) is 11.3 Å². The molecule has 0 spiro atoms. The molecule has 2 aromatic heterocycles. The van der Waals surface area contributed by atoms with Crippen molar-refractivity contribution in [1.82, 2.24) is 19.7 Å². The maximum Gasteiger partial charge on any atom is 0.263 e. The van der Waals surface area contributed by atoms with Crippen LogP contribution < -0.4 is 9.64 Å². The van der Waals surface area contributed by atoms with Crippen LogP contribution in [0.3, 0.4) is 0 Å². The average Bonchev–Trinajstić information content (AvgIpc) is 3.47. The molecule has 0 saturated heterocycles. The minimum absolute atomic E-state index is 0.0949. The van der Waals surface area contributed by atoms with Crippen molar-refractivity contribution in [2.75, 3.05) is 38.2 Å². The second-order valence-electron chi connectivity index (χ2n) is 8.13. The van der Waals surface area contributed by atoms with Crippen molar-refractivity contribution in [3.8, 4) is 11.4 Å². The summed E-state index contributed by atoms with van der Waals surface area (Å²) in [5, 5.41) is 5.19. The summed E-state index contributed by atoms with van der Waals surface area (Å²) in [5.74, 6) is 0.620. The van der Waals surface area contributed by atoms with Crippen LogP contribution >= 0.6 is 11.3 Å². The van der Waals surface area contributed by atoms with Gasteiger partial charge >= 0.3 is 0 Å². The molecular weight excluding hydrogens is 446 g/mol. The molecule has 0 aliphatic carbocycles. The fourth-order valence-corrected chi connectivity index (χ4v) is 5.11. The molecule has 8 heteroatoms. The van der Waals surface area contributed by atoms with Gasteiger partial charge in [-0.2, -0.15) is 5.10 Å². The van der Waals surface area contributed by atoms with Crippen molar-refractivity contribution in [2.45, 2.75) is 27.7 Å². The van der Waals surface area contributed by atoms with E-state index in [1.54, 1.807) is 22.9 Å². The summed E-state index contributed by atoms with van der Waals surface area (Å²) < 4.78 is 8.39. The van der Waals surface area contributed by atoms with E-state index in [2.05, 4.69) is 30.8 Å². The van der Waals surface area contributed by atoms with Gasteiger partial charge in [-0.1, -0.05) is 49.4 Å². The van der Waals surface area contributed by atoms with Gasteiger partial charge in [-0.3, -0.25) is 9.69 Å². The van der Waals surface area contributed by atoms with E-state index < -0.39 is 0 Å². The van der Waals surface area contributed by atoms with E-state index in [1.807, 2.05) is 49.4 Å². The van der Waals surface area contributed by atoms with Crippen molar-refractivity contribution >= 4 is 32.6 Å². The molecule has 0 radical (unpaired) electrons. The van der Waals surface area contributed by atoms with E-state index in [9.17, 15) is 4.79 Å². The lowest BCUT2D eigenvalue weighted by Gasteiger charge is -2.24. The molecule has 0 aliphatic heterocycles. The number of aryl methyl sites for hydroxylation is 1. The van der Waals surface area contributed by atoms with Crippen molar-refractivity contribution in [2.24, 2.45) is 0 Å². The Kier molecular flexibility index (Phi) is 7.29. The number of hydrogen-bond donors (Lipinski definition) is 0. The number of rotatable bonds is 9. The van der Waals surface area contributed by atoms with E-state index in [-0.39, 0.29) is 5.91 Å². The molecule has 4 aromatic rings. The molecule has 0 unspecified atom stereocenters. The molecule has 2 heterocycles. The van der Waals surface area contributed by atoms with Crippen molar-refractivity contribution in [1.29, 1.82) is 0 Å². The Hall–Kier alpha value is -3.23. The molecule has 0 N–H and O–H groups in total. The van der Waals surface area contributed by atoms with Crippen LogP contribution in [0.15, 0.2) is 48.7 Å². The Morgan fingerprint density at radius 3 is 2.47 bits per heavy atom. The monoisotopic (exact) mass is 477 g/mol. The van der Waals surface area contributed by atoms with E-state index >= 15 is 0 Å². The van der Waals surface area contributed by atoms with Gasteiger partial charge < -0.3 is 9.64 Å². The molecule has 0 saturated carbocycles. The van der Waals surface area contributed by atoms with E-state index in [0.717, 1.165) is 46.8 Å². The molecule has 34 heavy (non-hydrogen) atoms. The van der Waals surface area contributed by atoms with Gasteiger partial charge in [0.15, 0.2) is 5.13 Å². The molecule has 1 amide bonds. The van der Waals surface area contributed by atoms with Crippen LogP contribution in [0.4, 0.5) is 5.13 Å². The number of amides is 1. The minimum atomic E-state index is -0.0949. The molecule has 178 valence electrons. The summed E-state index contributed by atoms with van der Waals surface area (Å²) >= 11 is 1.53. The normalized spacial score (nSPS) is 11.4. The Labute approximate surface area is 204 Å². The van der Waals surface area contributed by atoms with E-state index in [1.165, 1.54) is 11.3 Å². The Balaban J connectivity index is 1.75. The quantitative estimate of drug-likeness (QED) is 0.336. The second-order valence-corrected chi connectivity index (χ2v) is 9.11. The third-order valence-electron chi connectivity index (χ3n) is 6.16. The van der Waals surface area contributed by atoms with Crippen LogP contribution in [0.5, 0.6) is 5.75 Å². The van der Waals surface area contributed by atoms with Crippen LogP contribution in [-0.4, -0.2) is 58.9 Å². The highest BCUT2D eigenvalue weighted by atomic mass is 32.1. The van der Waals surface area contributed by atoms with E-state index in [4.69, 9.17) is 9.72 Å². The number of carbonyl (C=O) groups is 1. The number of methoxy groups -OCH3 is 1. The summed E-state index contributed by atoms with van der Waals surface area (Å²) in [6.07, 6.45) is 1.66. The van der Waals surface area contributed by atoms with Gasteiger partial charge in [0.05, 0.1) is 35.0 Å². The van der Waals surface area contributed by atoms with Gasteiger partial charge in [0.2, 0.25) is 0 Å². The highest BCUT2D eigenvalue weighted by molar-refractivity contribution is 7.22. The number of ether oxygens (including phenoxy) is 1. The molecule has 0 fully saturated rings. The molecular formula is C26H31N5O2S. The third-order valence-corrected chi connectivity index (χ3v) is 7.38. The Morgan fingerprint density at radius 1 is 1.06 bits per heavy atom. The fourth-order valence-electron chi connectivity index (χ4n) is 4.04. The van der Waals surface area contributed by atoms with Crippen molar-refractivity contribution in [3.63, 3.8) is 0 Å². The lowest BCUT2D eigenvalue weighted by atomic mass is 10.2. The lowest BCUT2D eigenvalue weighted by Crippen LogP contribution is -2.39. The highest BCUT2D eigenvalue weighted by Gasteiger charge is 2.26. The standard InChI is InChI=1S/C26H31N5O2S/c1-6-29(7-2)15-16-30(26-28-23-22(33-5)14-13-18(3)24(23)34-26)25(32)21-17-27-31(19(21)4)20-11-9-8-10-12-20/h8-14,17H,6-7,15-16H2,1-5H3. The topological polar surface area (TPSA) is 63.5 Å². The first kappa shape index (κ1) is 23.9. The first-order valence-corrected chi connectivity index (χ1v) is 12.4. The first-order valence-electron chi connectivity index (χ1n) is 11.6. The number of thiazole rings is 1. The number of nitrogens with zero attached hydrogens (tertiary/aromatic N) is 5. The number of fused-ring (bicyclic) bond motifs is 1. The number of anilines is 1. The first-order chi connectivity index (χ1) is 16.5. The van der Waals surface area contributed by atoms with Gasteiger partial charge in [-0.05, 0) is 50.7 Å².